The number of allylic oxidation sites excluding steroid dienone is 4. The standard InChI is InChI=1S/C66H122O15/c1-3-5-7-9-11-13-15-17-19-21-23-25-27-29-31-33-35-37-39-41-43-45-47-49-58(69)79-54(52-77-65-64(75)62(73)60(71)56(81-65)53-78-66-63(74)61(72)59(70)55(50-67)80-66)51-76-57(68)48-46-44-42-40-38-36-34-32-30-28-26-24-22-20-18-16-14-12-10-8-6-4-2/h15,17,21,23,54-56,59-67,70-75H,3-14,16,18-20,22,24-53H2,1-2H3/b17-15-,23-21-. The summed E-state index contributed by atoms with van der Waals surface area (Å²) in [5.74, 6) is -0.908. The molecule has 0 radical (unpaired) electrons. The first-order chi connectivity index (χ1) is 39.5. The van der Waals surface area contributed by atoms with Gasteiger partial charge in [-0.1, -0.05) is 256 Å². The first-order valence-corrected chi connectivity index (χ1v) is 33.4. The van der Waals surface area contributed by atoms with Crippen LogP contribution in [0.5, 0.6) is 0 Å². The minimum Gasteiger partial charge on any atom is -0.462 e. The third-order valence-electron chi connectivity index (χ3n) is 16.2. The van der Waals surface area contributed by atoms with Crippen molar-refractivity contribution >= 4 is 11.9 Å². The molecule has 15 heteroatoms. The average molecular weight is 1160 g/mol. The van der Waals surface area contributed by atoms with Gasteiger partial charge in [-0.3, -0.25) is 9.59 Å². The number of esters is 2. The zero-order valence-electron chi connectivity index (χ0n) is 51.3. The predicted molar refractivity (Wildman–Crippen MR) is 321 cm³/mol. The lowest BCUT2D eigenvalue weighted by Gasteiger charge is -2.42. The predicted octanol–water partition coefficient (Wildman–Crippen LogP) is 13.0. The quantitative estimate of drug-likeness (QED) is 0.0171. The number of unbranched alkanes of at least 4 members (excludes halogenated alkanes) is 37. The van der Waals surface area contributed by atoms with Gasteiger partial charge >= 0.3 is 11.9 Å². The molecule has 0 spiro atoms. The number of aliphatic hydroxyl groups is 7. The molecule has 2 heterocycles. The van der Waals surface area contributed by atoms with E-state index in [1.54, 1.807) is 0 Å². The van der Waals surface area contributed by atoms with Gasteiger partial charge in [0, 0.05) is 12.8 Å². The maximum atomic E-state index is 13.1. The first-order valence-electron chi connectivity index (χ1n) is 33.4. The maximum Gasteiger partial charge on any atom is 0.306 e. The Morgan fingerprint density at radius 2 is 0.741 bits per heavy atom. The Kier molecular flexibility index (Phi) is 48.5. The summed E-state index contributed by atoms with van der Waals surface area (Å²) >= 11 is 0. The van der Waals surface area contributed by atoms with Crippen molar-refractivity contribution in [1.29, 1.82) is 0 Å². The van der Waals surface area contributed by atoms with Crippen LogP contribution in [0.1, 0.15) is 290 Å². The minimum absolute atomic E-state index is 0.166. The summed E-state index contributed by atoms with van der Waals surface area (Å²) in [6, 6.07) is 0. The molecule has 15 nitrogen and oxygen atoms in total. The fourth-order valence-corrected chi connectivity index (χ4v) is 10.8. The molecular formula is C66H122O15. The van der Waals surface area contributed by atoms with E-state index < -0.39 is 92.7 Å². The molecule has 11 atom stereocenters. The molecule has 2 aliphatic rings. The molecular weight excluding hydrogens is 1030 g/mol. The van der Waals surface area contributed by atoms with E-state index in [2.05, 4.69) is 38.2 Å². The molecule has 0 amide bonds. The summed E-state index contributed by atoms with van der Waals surface area (Å²) in [7, 11) is 0. The van der Waals surface area contributed by atoms with Crippen LogP contribution < -0.4 is 0 Å². The maximum absolute atomic E-state index is 13.1. The van der Waals surface area contributed by atoms with Gasteiger partial charge in [0.1, 0.15) is 55.4 Å². The van der Waals surface area contributed by atoms with Gasteiger partial charge in [0.2, 0.25) is 0 Å². The van der Waals surface area contributed by atoms with Crippen LogP contribution in [-0.2, 0) is 38.0 Å². The monoisotopic (exact) mass is 1150 g/mol. The number of ether oxygens (including phenoxy) is 6. The van der Waals surface area contributed by atoms with Crippen LogP contribution in [0.4, 0.5) is 0 Å². The Labute approximate surface area is 492 Å². The second kappa shape index (κ2) is 52.3. The Morgan fingerprint density at radius 1 is 0.395 bits per heavy atom. The second-order valence-electron chi connectivity index (χ2n) is 23.7. The van der Waals surface area contributed by atoms with Gasteiger partial charge in [0.05, 0.1) is 19.8 Å². The molecule has 0 aliphatic carbocycles. The molecule has 7 N–H and O–H groups in total. The summed E-state index contributed by atoms with van der Waals surface area (Å²) < 4.78 is 33.8. The van der Waals surface area contributed by atoms with Crippen molar-refractivity contribution in [2.45, 2.75) is 357 Å². The summed E-state index contributed by atoms with van der Waals surface area (Å²) in [4.78, 5) is 26.0. The largest absolute Gasteiger partial charge is 0.462 e. The van der Waals surface area contributed by atoms with Crippen LogP contribution in [0, 0.1) is 0 Å². The lowest BCUT2D eigenvalue weighted by Crippen LogP contribution is -2.61. The smallest absolute Gasteiger partial charge is 0.306 e. The van der Waals surface area contributed by atoms with Gasteiger partial charge < -0.3 is 64.2 Å². The molecule has 476 valence electrons. The number of rotatable bonds is 55. The number of carbonyl (C=O) groups excluding carboxylic acids is 2. The number of aliphatic hydroxyl groups excluding tert-OH is 7. The van der Waals surface area contributed by atoms with Crippen LogP contribution in [0.3, 0.4) is 0 Å². The van der Waals surface area contributed by atoms with Crippen molar-refractivity contribution in [3.05, 3.63) is 24.3 Å². The van der Waals surface area contributed by atoms with Gasteiger partial charge in [0.15, 0.2) is 18.7 Å². The summed E-state index contributed by atoms with van der Waals surface area (Å²) in [5, 5.41) is 72.5. The lowest BCUT2D eigenvalue weighted by molar-refractivity contribution is -0.332. The van der Waals surface area contributed by atoms with E-state index in [0.717, 1.165) is 51.4 Å². The van der Waals surface area contributed by atoms with Crippen molar-refractivity contribution in [2.75, 3.05) is 26.4 Å². The van der Waals surface area contributed by atoms with Crippen molar-refractivity contribution in [2.24, 2.45) is 0 Å². The highest BCUT2D eigenvalue weighted by molar-refractivity contribution is 5.70. The fraction of sp³-hybridized carbons (Fsp3) is 0.909. The summed E-state index contributed by atoms with van der Waals surface area (Å²) in [5.41, 5.74) is 0. The first kappa shape index (κ1) is 75.1. The Bertz CT molecular complexity index is 1500. The lowest BCUT2D eigenvalue weighted by atomic mass is 9.98. The molecule has 0 aromatic heterocycles. The van der Waals surface area contributed by atoms with Gasteiger partial charge in [-0.05, 0) is 44.9 Å². The topological polar surface area (TPSA) is 231 Å². The third-order valence-corrected chi connectivity index (χ3v) is 16.2. The van der Waals surface area contributed by atoms with Gasteiger partial charge in [-0.2, -0.15) is 0 Å². The van der Waals surface area contributed by atoms with E-state index in [4.69, 9.17) is 28.4 Å². The van der Waals surface area contributed by atoms with Crippen molar-refractivity contribution < 1.29 is 73.8 Å². The normalized spacial score (nSPS) is 23.7. The van der Waals surface area contributed by atoms with E-state index in [-0.39, 0.29) is 26.1 Å². The molecule has 2 aliphatic heterocycles. The Hall–Kier alpha value is -2.02. The van der Waals surface area contributed by atoms with E-state index in [0.29, 0.717) is 12.8 Å². The molecule has 0 saturated carbocycles. The van der Waals surface area contributed by atoms with Gasteiger partial charge in [-0.15, -0.1) is 0 Å². The van der Waals surface area contributed by atoms with E-state index in [1.165, 1.54) is 199 Å². The van der Waals surface area contributed by atoms with Gasteiger partial charge in [-0.25, -0.2) is 0 Å². The number of carbonyl (C=O) groups is 2. The fourth-order valence-electron chi connectivity index (χ4n) is 10.8. The average Bonchev–Trinajstić information content (AvgIpc) is 3.47. The third kappa shape index (κ3) is 38.6. The number of hydrogen-bond donors (Lipinski definition) is 7. The van der Waals surface area contributed by atoms with Crippen molar-refractivity contribution in [1.82, 2.24) is 0 Å². The highest BCUT2D eigenvalue weighted by atomic mass is 16.7. The van der Waals surface area contributed by atoms with Gasteiger partial charge in [0.25, 0.3) is 0 Å². The summed E-state index contributed by atoms with van der Waals surface area (Å²) in [6.45, 7) is 2.65. The zero-order chi connectivity index (χ0) is 58.8. The SMILES string of the molecule is CCCCCCC/C=C\C/C=C\CCCCCCCCCCCCCC(=O)OC(COC(=O)CCCCCCCCCCCCCCCCCCCCCCCC)COC1OC(COC2OC(CO)C(O)C(O)C2O)C(O)C(O)C1O. The highest BCUT2D eigenvalue weighted by Gasteiger charge is 2.47. The second-order valence-corrected chi connectivity index (χ2v) is 23.7. The van der Waals surface area contributed by atoms with Crippen LogP contribution in [0.15, 0.2) is 24.3 Å². The molecule has 2 fully saturated rings. The molecule has 2 saturated heterocycles. The van der Waals surface area contributed by atoms with Crippen LogP contribution >= 0.6 is 0 Å². The molecule has 0 aromatic carbocycles. The molecule has 0 bridgehead atoms. The molecule has 2 rings (SSSR count). The molecule has 0 aromatic rings. The molecule has 81 heavy (non-hydrogen) atoms. The highest BCUT2D eigenvalue weighted by Crippen LogP contribution is 2.27. The van der Waals surface area contributed by atoms with Crippen LogP contribution in [0.25, 0.3) is 0 Å². The Balaban J connectivity index is 1.69. The van der Waals surface area contributed by atoms with Crippen LogP contribution in [0.2, 0.25) is 0 Å². The molecule has 11 unspecified atom stereocenters. The Morgan fingerprint density at radius 3 is 1.15 bits per heavy atom. The van der Waals surface area contributed by atoms with E-state index >= 15 is 0 Å². The van der Waals surface area contributed by atoms with E-state index in [1.807, 2.05) is 0 Å². The minimum atomic E-state index is -1.76. The van der Waals surface area contributed by atoms with Crippen molar-refractivity contribution in [3.63, 3.8) is 0 Å². The summed E-state index contributed by atoms with van der Waals surface area (Å²) in [6.07, 6.45) is 43.4. The van der Waals surface area contributed by atoms with Crippen molar-refractivity contribution in [3.8, 4) is 0 Å². The van der Waals surface area contributed by atoms with Crippen LogP contribution in [-0.4, -0.2) is 142 Å². The zero-order valence-corrected chi connectivity index (χ0v) is 51.3. The number of hydrogen-bond acceptors (Lipinski definition) is 15. The van der Waals surface area contributed by atoms with E-state index in [9.17, 15) is 45.3 Å².